The molecule has 2 aromatic carbocycles. The van der Waals surface area contributed by atoms with Crippen molar-refractivity contribution in [1.29, 1.82) is 0 Å². The molecule has 2 nitrogen and oxygen atoms in total. The fourth-order valence-corrected chi connectivity index (χ4v) is 3.31. The van der Waals surface area contributed by atoms with E-state index in [1.807, 2.05) is 17.0 Å². The molecule has 3 heteroatoms. The van der Waals surface area contributed by atoms with E-state index in [0.717, 1.165) is 19.4 Å². The van der Waals surface area contributed by atoms with Gasteiger partial charge in [-0.3, -0.25) is 4.79 Å². The van der Waals surface area contributed by atoms with Crippen LogP contribution in [0.25, 0.3) is 10.8 Å². The molecule has 1 aliphatic heterocycles. The number of carbonyl (C=O) groups excluding carboxylic acids is 1. The molecule has 0 aromatic heterocycles. The number of hydrogen-bond acceptors (Lipinski definition) is 1. The minimum absolute atomic E-state index is 0.0191. The van der Waals surface area contributed by atoms with Crippen LogP contribution >= 0.6 is 0 Å². The van der Waals surface area contributed by atoms with Crippen LogP contribution in [0.15, 0.2) is 36.4 Å². The van der Waals surface area contributed by atoms with E-state index in [1.165, 1.54) is 6.07 Å². The first-order chi connectivity index (χ1) is 10.1. The Balaban J connectivity index is 2.01. The average molecular weight is 285 g/mol. The second-order valence-electron chi connectivity index (χ2n) is 6.12. The van der Waals surface area contributed by atoms with Gasteiger partial charge in [0.25, 0.3) is 5.91 Å². The Hall–Kier alpha value is -1.90. The number of piperidine rings is 1. The summed E-state index contributed by atoms with van der Waals surface area (Å²) in [5.41, 5.74) is 0.605. The normalized spacial score (nSPS) is 22.5. The zero-order valence-corrected chi connectivity index (χ0v) is 12.5. The quantitative estimate of drug-likeness (QED) is 0.767. The van der Waals surface area contributed by atoms with Crippen molar-refractivity contribution in [3.63, 3.8) is 0 Å². The summed E-state index contributed by atoms with van der Waals surface area (Å²) >= 11 is 0. The van der Waals surface area contributed by atoms with Gasteiger partial charge in [-0.1, -0.05) is 31.2 Å². The number of likely N-dealkylation sites (tertiary alicyclic amines) is 1. The van der Waals surface area contributed by atoms with Gasteiger partial charge in [0, 0.05) is 23.5 Å². The maximum Gasteiger partial charge on any atom is 0.254 e. The van der Waals surface area contributed by atoms with Crippen molar-refractivity contribution in [1.82, 2.24) is 4.90 Å². The van der Waals surface area contributed by atoms with Gasteiger partial charge in [-0.15, -0.1) is 0 Å². The third kappa shape index (κ3) is 2.53. The molecule has 1 amide bonds. The van der Waals surface area contributed by atoms with E-state index in [1.54, 1.807) is 18.2 Å². The van der Waals surface area contributed by atoms with Gasteiger partial charge in [0.1, 0.15) is 5.82 Å². The molecule has 0 radical (unpaired) electrons. The molecule has 2 aromatic rings. The number of fused-ring (bicyclic) bond motifs is 1. The molecule has 1 aliphatic rings. The van der Waals surface area contributed by atoms with Crippen LogP contribution in [0.4, 0.5) is 4.39 Å². The van der Waals surface area contributed by atoms with Crippen LogP contribution < -0.4 is 0 Å². The third-order valence-electron chi connectivity index (χ3n) is 4.50. The van der Waals surface area contributed by atoms with Crippen molar-refractivity contribution >= 4 is 16.7 Å². The molecule has 2 unspecified atom stereocenters. The van der Waals surface area contributed by atoms with E-state index < -0.39 is 0 Å². The van der Waals surface area contributed by atoms with Crippen molar-refractivity contribution in [3.8, 4) is 0 Å². The summed E-state index contributed by atoms with van der Waals surface area (Å²) in [6, 6.07) is 10.4. The third-order valence-corrected chi connectivity index (χ3v) is 4.50. The molecule has 1 fully saturated rings. The van der Waals surface area contributed by atoms with Crippen LogP contribution in [0, 0.1) is 11.7 Å². The first kappa shape index (κ1) is 14.1. The monoisotopic (exact) mass is 285 g/mol. The second kappa shape index (κ2) is 5.47. The van der Waals surface area contributed by atoms with Crippen LogP contribution in [0.3, 0.4) is 0 Å². The molecule has 0 aliphatic carbocycles. The van der Waals surface area contributed by atoms with E-state index in [2.05, 4.69) is 13.8 Å². The predicted octanol–water partition coefficient (Wildman–Crippen LogP) is 4.24. The zero-order valence-electron chi connectivity index (χ0n) is 12.5. The molecule has 3 rings (SSSR count). The highest BCUT2D eigenvalue weighted by Crippen LogP contribution is 2.27. The van der Waals surface area contributed by atoms with Crippen LogP contribution in [0.2, 0.25) is 0 Å². The SMILES string of the molecule is CC1CCN(C(=O)c2ccc(F)c3ccccc23)C(C)C1. The number of nitrogens with zero attached hydrogens (tertiary/aromatic N) is 1. The Labute approximate surface area is 124 Å². The Bertz CT molecular complexity index is 682. The maximum absolute atomic E-state index is 13.9. The lowest BCUT2D eigenvalue weighted by Gasteiger charge is -2.36. The number of benzene rings is 2. The van der Waals surface area contributed by atoms with E-state index in [4.69, 9.17) is 0 Å². The van der Waals surface area contributed by atoms with Gasteiger partial charge in [0.2, 0.25) is 0 Å². The number of amides is 1. The van der Waals surface area contributed by atoms with Crippen molar-refractivity contribution in [2.45, 2.75) is 32.7 Å². The summed E-state index contributed by atoms with van der Waals surface area (Å²) in [6.07, 6.45) is 2.07. The van der Waals surface area contributed by atoms with Crippen molar-refractivity contribution in [2.75, 3.05) is 6.54 Å². The molecular formula is C18H20FNO. The van der Waals surface area contributed by atoms with E-state index >= 15 is 0 Å². The Morgan fingerprint density at radius 3 is 2.57 bits per heavy atom. The van der Waals surface area contributed by atoms with Gasteiger partial charge in [-0.05, 0) is 43.2 Å². The standard InChI is InChI=1S/C18H20FNO/c1-12-9-10-20(13(2)11-12)18(21)16-7-8-17(19)15-6-4-3-5-14(15)16/h3-8,12-13H,9-11H2,1-2H3. The Morgan fingerprint density at radius 2 is 1.86 bits per heavy atom. The number of halogens is 1. The molecule has 0 spiro atoms. The predicted molar refractivity (Wildman–Crippen MR) is 82.8 cm³/mol. The summed E-state index contributed by atoms with van der Waals surface area (Å²) in [5, 5.41) is 1.22. The molecule has 0 N–H and O–H groups in total. The minimum atomic E-state index is -0.275. The largest absolute Gasteiger partial charge is 0.336 e. The molecule has 0 saturated carbocycles. The van der Waals surface area contributed by atoms with Crippen molar-refractivity contribution in [2.24, 2.45) is 5.92 Å². The lowest BCUT2D eigenvalue weighted by molar-refractivity contribution is 0.0590. The van der Waals surface area contributed by atoms with E-state index in [0.29, 0.717) is 22.3 Å². The van der Waals surface area contributed by atoms with Crippen LogP contribution in [-0.2, 0) is 0 Å². The highest BCUT2D eigenvalue weighted by Gasteiger charge is 2.28. The van der Waals surface area contributed by atoms with Crippen LogP contribution in [0.1, 0.15) is 37.0 Å². The van der Waals surface area contributed by atoms with E-state index in [-0.39, 0.29) is 17.8 Å². The highest BCUT2D eigenvalue weighted by molar-refractivity contribution is 6.07. The summed E-state index contributed by atoms with van der Waals surface area (Å²) in [7, 11) is 0. The smallest absolute Gasteiger partial charge is 0.254 e. The van der Waals surface area contributed by atoms with Gasteiger partial charge in [-0.2, -0.15) is 0 Å². The fourth-order valence-electron chi connectivity index (χ4n) is 3.31. The molecule has 110 valence electrons. The fraction of sp³-hybridized carbons (Fsp3) is 0.389. The van der Waals surface area contributed by atoms with Gasteiger partial charge in [0.05, 0.1) is 0 Å². The molecular weight excluding hydrogens is 265 g/mol. The minimum Gasteiger partial charge on any atom is -0.336 e. The number of rotatable bonds is 1. The Morgan fingerprint density at radius 1 is 1.14 bits per heavy atom. The molecule has 1 saturated heterocycles. The summed E-state index contributed by atoms with van der Waals surface area (Å²) in [6.45, 7) is 5.11. The lowest BCUT2D eigenvalue weighted by Crippen LogP contribution is -2.44. The first-order valence-corrected chi connectivity index (χ1v) is 7.56. The van der Waals surface area contributed by atoms with Gasteiger partial charge in [0.15, 0.2) is 0 Å². The number of hydrogen-bond donors (Lipinski definition) is 0. The first-order valence-electron chi connectivity index (χ1n) is 7.56. The van der Waals surface area contributed by atoms with Crippen LogP contribution in [-0.4, -0.2) is 23.4 Å². The van der Waals surface area contributed by atoms with Gasteiger partial charge < -0.3 is 4.90 Å². The van der Waals surface area contributed by atoms with Crippen molar-refractivity contribution < 1.29 is 9.18 Å². The highest BCUT2D eigenvalue weighted by atomic mass is 19.1. The molecule has 21 heavy (non-hydrogen) atoms. The number of carbonyl (C=O) groups is 1. The molecule has 1 heterocycles. The topological polar surface area (TPSA) is 20.3 Å². The lowest BCUT2D eigenvalue weighted by atomic mass is 9.92. The summed E-state index contributed by atoms with van der Waals surface area (Å²) in [5.74, 6) is 0.405. The molecule has 0 bridgehead atoms. The average Bonchev–Trinajstić information content (AvgIpc) is 2.47. The van der Waals surface area contributed by atoms with E-state index in [9.17, 15) is 9.18 Å². The van der Waals surface area contributed by atoms with Crippen LogP contribution in [0.5, 0.6) is 0 Å². The summed E-state index contributed by atoms with van der Waals surface area (Å²) in [4.78, 5) is 14.8. The van der Waals surface area contributed by atoms with Gasteiger partial charge >= 0.3 is 0 Å². The zero-order chi connectivity index (χ0) is 15.0. The second-order valence-corrected chi connectivity index (χ2v) is 6.12. The maximum atomic E-state index is 13.9. The Kier molecular flexibility index (Phi) is 3.66. The van der Waals surface area contributed by atoms with Gasteiger partial charge in [-0.25, -0.2) is 4.39 Å². The molecule has 2 atom stereocenters. The van der Waals surface area contributed by atoms with Crippen molar-refractivity contribution in [3.05, 3.63) is 47.8 Å². The summed E-state index contributed by atoms with van der Waals surface area (Å²) < 4.78 is 13.9.